The van der Waals surface area contributed by atoms with E-state index in [-0.39, 0.29) is 5.91 Å². The predicted octanol–water partition coefficient (Wildman–Crippen LogP) is 3.18. The van der Waals surface area contributed by atoms with Gasteiger partial charge in [-0.2, -0.15) is 0 Å². The fraction of sp³-hybridized carbons (Fsp3) is 0.500. The molecule has 0 saturated carbocycles. The second-order valence-electron chi connectivity index (χ2n) is 3.94. The third-order valence-corrected chi connectivity index (χ3v) is 2.72. The molecule has 0 aliphatic heterocycles. The summed E-state index contributed by atoms with van der Waals surface area (Å²) in [4.78, 5) is 14.0. The normalized spacial score (nSPS) is 10.2. The molecule has 0 aromatic heterocycles. The van der Waals surface area contributed by atoms with Crippen LogP contribution in [0.15, 0.2) is 24.3 Å². The van der Waals surface area contributed by atoms with Crippen molar-refractivity contribution in [1.29, 1.82) is 0 Å². The third-order valence-electron chi connectivity index (χ3n) is 2.55. The van der Waals surface area contributed by atoms with Gasteiger partial charge in [0.15, 0.2) is 0 Å². The smallest absolute Gasteiger partial charge is 0.253 e. The summed E-state index contributed by atoms with van der Waals surface area (Å²) in [6.45, 7) is 5.93. The molecular weight excluding hydrogens is 250 g/mol. The second-order valence-corrected chi connectivity index (χ2v) is 4.32. The molecule has 0 aliphatic rings. The first kappa shape index (κ1) is 14.8. The average Bonchev–Trinajstić information content (AvgIpc) is 2.39. The maximum Gasteiger partial charge on any atom is 0.253 e. The summed E-state index contributed by atoms with van der Waals surface area (Å²) in [5, 5.41) is 0. The van der Waals surface area contributed by atoms with E-state index >= 15 is 0 Å². The van der Waals surface area contributed by atoms with Gasteiger partial charge >= 0.3 is 0 Å². The van der Waals surface area contributed by atoms with Crippen molar-refractivity contribution in [3.8, 4) is 5.75 Å². The summed E-state index contributed by atoms with van der Waals surface area (Å²) in [6, 6.07) is 7.23. The van der Waals surface area contributed by atoms with E-state index in [4.69, 9.17) is 16.3 Å². The van der Waals surface area contributed by atoms with Crippen LogP contribution in [-0.2, 0) is 0 Å². The topological polar surface area (TPSA) is 29.5 Å². The van der Waals surface area contributed by atoms with Crippen LogP contribution in [0.25, 0.3) is 0 Å². The van der Waals surface area contributed by atoms with Gasteiger partial charge < -0.3 is 9.64 Å². The van der Waals surface area contributed by atoms with Gasteiger partial charge in [-0.1, -0.05) is 6.92 Å². The number of rotatable bonds is 7. The van der Waals surface area contributed by atoms with Crippen molar-refractivity contribution in [3.63, 3.8) is 0 Å². The first-order valence-electron chi connectivity index (χ1n) is 6.31. The summed E-state index contributed by atoms with van der Waals surface area (Å²) in [6.07, 6.45) is 0.930. The summed E-state index contributed by atoms with van der Waals surface area (Å²) < 4.78 is 5.35. The van der Waals surface area contributed by atoms with E-state index in [0.29, 0.717) is 24.6 Å². The molecule has 100 valence electrons. The second kappa shape index (κ2) is 7.98. The maximum atomic E-state index is 12.2. The van der Waals surface area contributed by atoms with Gasteiger partial charge in [0, 0.05) is 24.5 Å². The van der Waals surface area contributed by atoms with Crippen LogP contribution >= 0.6 is 11.6 Å². The Kier molecular flexibility index (Phi) is 6.58. The number of carbonyl (C=O) groups is 1. The summed E-state index contributed by atoms with van der Waals surface area (Å²) in [5.41, 5.74) is 0.678. The van der Waals surface area contributed by atoms with Crippen LogP contribution in [0.1, 0.15) is 30.6 Å². The van der Waals surface area contributed by atoms with Gasteiger partial charge in [0.05, 0.1) is 6.61 Å². The van der Waals surface area contributed by atoms with Gasteiger partial charge in [-0.25, -0.2) is 0 Å². The van der Waals surface area contributed by atoms with Crippen molar-refractivity contribution < 1.29 is 9.53 Å². The van der Waals surface area contributed by atoms with Crippen LogP contribution < -0.4 is 4.74 Å². The number of alkyl halides is 1. The van der Waals surface area contributed by atoms with E-state index in [0.717, 1.165) is 18.7 Å². The molecule has 0 spiro atoms. The molecule has 0 aliphatic carbocycles. The number of amides is 1. The van der Waals surface area contributed by atoms with Crippen LogP contribution in [0, 0.1) is 0 Å². The van der Waals surface area contributed by atoms with Crippen molar-refractivity contribution in [2.75, 3.05) is 25.6 Å². The minimum atomic E-state index is 0.0283. The maximum absolute atomic E-state index is 12.2. The first-order chi connectivity index (χ1) is 8.72. The van der Waals surface area contributed by atoms with Gasteiger partial charge in [-0.3, -0.25) is 4.79 Å². The predicted molar refractivity (Wildman–Crippen MR) is 74.5 cm³/mol. The van der Waals surface area contributed by atoms with Gasteiger partial charge in [0.25, 0.3) is 5.91 Å². The van der Waals surface area contributed by atoms with Gasteiger partial charge in [0.2, 0.25) is 0 Å². The lowest BCUT2D eigenvalue weighted by Gasteiger charge is -2.21. The Morgan fingerprint density at radius 3 is 2.39 bits per heavy atom. The number of carbonyl (C=O) groups excluding carboxylic acids is 1. The first-order valence-corrected chi connectivity index (χ1v) is 6.84. The fourth-order valence-electron chi connectivity index (χ4n) is 1.73. The zero-order valence-electron chi connectivity index (χ0n) is 11.0. The largest absolute Gasteiger partial charge is 0.494 e. The van der Waals surface area contributed by atoms with E-state index in [1.54, 1.807) is 17.0 Å². The van der Waals surface area contributed by atoms with Gasteiger partial charge in [-0.15, -0.1) is 11.6 Å². The number of hydrogen-bond donors (Lipinski definition) is 0. The molecule has 3 nitrogen and oxygen atoms in total. The van der Waals surface area contributed by atoms with E-state index in [1.165, 1.54) is 0 Å². The summed E-state index contributed by atoms with van der Waals surface area (Å²) >= 11 is 5.72. The number of ether oxygens (including phenoxy) is 1. The third kappa shape index (κ3) is 4.22. The molecule has 0 fully saturated rings. The highest BCUT2D eigenvalue weighted by Crippen LogP contribution is 2.14. The molecule has 1 aromatic rings. The number of halogens is 1. The molecule has 1 aromatic carbocycles. The Balaban J connectivity index is 2.74. The standard InChI is InChI=1S/C14H20ClNO2/c1-3-10-16(11-9-15)14(17)12-5-7-13(8-6-12)18-4-2/h5-8H,3-4,9-11H2,1-2H3. The number of benzene rings is 1. The monoisotopic (exact) mass is 269 g/mol. The highest BCUT2D eigenvalue weighted by atomic mass is 35.5. The summed E-state index contributed by atoms with van der Waals surface area (Å²) in [5.74, 6) is 1.27. The van der Waals surface area contributed by atoms with E-state index in [9.17, 15) is 4.79 Å². The molecule has 1 rings (SSSR count). The van der Waals surface area contributed by atoms with E-state index < -0.39 is 0 Å². The van der Waals surface area contributed by atoms with E-state index in [1.807, 2.05) is 26.0 Å². The lowest BCUT2D eigenvalue weighted by molar-refractivity contribution is 0.0765. The SMILES string of the molecule is CCCN(CCCl)C(=O)c1ccc(OCC)cc1. The Hall–Kier alpha value is -1.22. The molecule has 1 amide bonds. The number of nitrogens with zero attached hydrogens (tertiary/aromatic N) is 1. The fourth-order valence-corrected chi connectivity index (χ4v) is 1.93. The lowest BCUT2D eigenvalue weighted by atomic mass is 10.2. The van der Waals surface area contributed by atoms with Crippen molar-refractivity contribution >= 4 is 17.5 Å². The van der Waals surface area contributed by atoms with Crippen LogP contribution in [-0.4, -0.2) is 36.4 Å². The lowest BCUT2D eigenvalue weighted by Crippen LogP contribution is -2.33. The van der Waals surface area contributed by atoms with Crippen molar-refractivity contribution in [2.24, 2.45) is 0 Å². The molecule has 0 N–H and O–H groups in total. The average molecular weight is 270 g/mol. The minimum absolute atomic E-state index is 0.0283. The molecule has 18 heavy (non-hydrogen) atoms. The van der Waals surface area contributed by atoms with Crippen LogP contribution in [0.3, 0.4) is 0 Å². The number of hydrogen-bond acceptors (Lipinski definition) is 2. The molecule has 0 atom stereocenters. The van der Waals surface area contributed by atoms with E-state index in [2.05, 4.69) is 0 Å². The highest BCUT2D eigenvalue weighted by molar-refractivity contribution is 6.18. The van der Waals surface area contributed by atoms with Crippen molar-refractivity contribution in [1.82, 2.24) is 4.90 Å². The Morgan fingerprint density at radius 2 is 1.89 bits per heavy atom. The molecule has 0 saturated heterocycles. The van der Waals surface area contributed by atoms with Gasteiger partial charge in [0.1, 0.15) is 5.75 Å². The minimum Gasteiger partial charge on any atom is -0.494 e. The van der Waals surface area contributed by atoms with Crippen molar-refractivity contribution in [2.45, 2.75) is 20.3 Å². The van der Waals surface area contributed by atoms with Crippen molar-refractivity contribution in [3.05, 3.63) is 29.8 Å². The summed E-state index contributed by atoms with van der Waals surface area (Å²) in [7, 11) is 0. The Morgan fingerprint density at radius 1 is 1.22 bits per heavy atom. The quantitative estimate of drug-likeness (QED) is 0.712. The van der Waals surface area contributed by atoms with Crippen LogP contribution in [0.5, 0.6) is 5.75 Å². The zero-order chi connectivity index (χ0) is 13.4. The Labute approximate surface area is 114 Å². The van der Waals surface area contributed by atoms with Crippen LogP contribution in [0.2, 0.25) is 0 Å². The van der Waals surface area contributed by atoms with Crippen LogP contribution in [0.4, 0.5) is 0 Å². The zero-order valence-corrected chi connectivity index (χ0v) is 11.7. The molecular formula is C14H20ClNO2. The molecule has 0 unspecified atom stereocenters. The Bertz CT molecular complexity index is 359. The van der Waals surface area contributed by atoms with Gasteiger partial charge in [-0.05, 0) is 37.6 Å². The molecule has 4 heteroatoms. The molecule has 0 radical (unpaired) electrons. The molecule has 0 bridgehead atoms. The highest BCUT2D eigenvalue weighted by Gasteiger charge is 2.14. The molecule has 0 heterocycles.